The number of rotatable bonds is 11. The molecule has 0 unspecified atom stereocenters. The van der Waals surface area contributed by atoms with Crippen LogP contribution in [0.3, 0.4) is 0 Å². The quantitative estimate of drug-likeness (QED) is 0.232. The molecule has 40 heavy (non-hydrogen) atoms. The molecule has 4 rings (SSSR count). The Morgan fingerprint density at radius 2 is 1.32 bits per heavy atom. The standard InChI is InChI=1S/C36H39N3O/c1-4-6-9-27-13-17-32(18-14-27)39(33-19-15-28(16-20-33)10-7-5-2)34-21-22-35(36(24-34)40-3)30-12-8-11-29(23-30)31(25-37)26-38/h13-24H,4-12H2,1-3H3. The molecule has 0 bridgehead atoms. The molecule has 0 radical (unpaired) electrons. The highest BCUT2D eigenvalue weighted by Crippen LogP contribution is 2.41. The molecule has 0 saturated carbocycles. The summed E-state index contributed by atoms with van der Waals surface area (Å²) in [4.78, 5) is 2.28. The molecule has 1 aliphatic rings. The molecule has 4 heteroatoms. The topological polar surface area (TPSA) is 60.0 Å². The highest BCUT2D eigenvalue weighted by atomic mass is 16.5. The van der Waals surface area contributed by atoms with E-state index < -0.39 is 0 Å². The first-order valence-electron chi connectivity index (χ1n) is 14.5. The van der Waals surface area contributed by atoms with Crippen LogP contribution < -0.4 is 9.64 Å². The summed E-state index contributed by atoms with van der Waals surface area (Å²) in [6.07, 6.45) is 11.5. The second-order valence-corrected chi connectivity index (χ2v) is 10.4. The maximum Gasteiger partial charge on any atom is 0.132 e. The molecular weight excluding hydrogens is 490 g/mol. The Morgan fingerprint density at radius 3 is 1.82 bits per heavy atom. The van der Waals surface area contributed by atoms with Crippen LogP contribution in [0.5, 0.6) is 5.75 Å². The van der Waals surface area contributed by atoms with Crippen LogP contribution in [-0.2, 0) is 12.8 Å². The predicted octanol–water partition coefficient (Wildman–Crippen LogP) is 9.76. The Labute approximate surface area is 239 Å². The molecule has 3 aromatic rings. The molecule has 0 aliphatic heterocycles. The Kier molecular flexibility index (Phi) is 10.2. The predicted molar refractivity (Wildman–Crippen MR) is 165 cm³/mol. The fourth-order valence-corrected chi connectivity index (χ4v) is 5.32. The first kappa shape index (κ1) is 28.7. The van der Waals surface area contributed by atoms with E-state index in [0.29, 0.717) is 0 Å². The van der Waals surface area contributed by atoms with E-state index in [0.717, 1.165) is 71.6 Å². The van der Waals surface area contributed by atoms with E-state index in [1.807, 2.05) is 18.2 Å². The van der Waals surface area contributed by atoms with Crippen molar-refractivity contribution in [3.05, 3.63) is 101 Å². The number of nitriles is 2. The van der Waals surface area contributed by atoms with Gasteiger partial charge in [0.05, 0.1) is 7.11 Å². The maximum atomic E-state index is 9.38. The lowest BCUT2D eigenvalue weighted by atomic mass is 9.88. The average molecular weight is 530 g/mol. The van der Waals surface area contributed by atoms with Gasteiger partial charge in [0.2, 0.25) is 0 Å². The van der Waals surface area contributed by atoms with Crippen LogP contribution in [0.4, 0.5) is 17.1 Å². The van der Waals surface area contributed by atoms with Crippen LogP contribution >= 0.6 is 0 Å². The zero-order chi connectivity index (χ0) is 28.3. The number of nitrogens with zero attached hydrogens (tertiary/aromatic N) is 3. The molecule has 0 fully saturated rings. The van der Waals surface area contributed by atoms with Gasteiger partial charge >= 0.3 is 0 Å². The molecule has 0 atom stereocenters. The zero-order valence-electron chi connectivity index (χ0n) is 24.0. The molecule has 204 valence electrons. The van der Waals surface area contributed by atoms with E-state index in [9.17, 15) is 10.5 Å². The summed E-state index contributed by atoms with van der Waals surface area (Å²) in [5.74, 6) is 0.782. The number of unbranched alkanes of at least 4 members (excludes halogenated alkanes) is 2. The van der Waals surface area contributed by atoms with Gasteiger partial charge in [-0.05, 0) is 104 Å². The molecule has 0 amide bonds. The number of aryl methyl sites for hydroxylation is 2. The lowest BCUT2D eigenvalue weighted by Gasteiger charge is -2.27. The Morgan fingerprint density at radius 1 is 0.775 bits per heavy atom. The van der Waals surface area contributed by atoms with Gasteiger partial charge in [0.25, 0.3) is 0 Å². The van der Waals surface area contributed by atoms with Crippen molar-refractivity contribution in [2.75, 3.05) is 12.0 Å². The summed E-state index contributed by atoms with van der Waals surface area (Å²) in [5, 5.41) is 18.8. The molecule has 1 aliphatic carbocycles. The minimum Gasteiger partial charge on any atom is -0.496 e. The largest absolute Gasteiger partial charge is 0.496 e. The SMILES string of the molecule is CCCCc1ccc(N(c2ccc(CCCC)cc2)c2ccc(C3=CC(=C(C#N)C#N)CCC3)c(OC)c2)cc1. The number of ether oxygens (including phenoxy) is 1. The minimum absolute atomic E-state index is 0.198. The van der Waals surface area contributed by atoms with Crippen LogP contribution in [0.25, 0.3) is 5.57 Å². The Bertz CT molecular complexity index is 1370. The third kappa shape index (κ3) is 6.83. The highest BCUT2D eigenvalue weighted by Gasteiger charge is 2.19. The first-order valence-corrected chi connectivity index (χ1v) is 14.5. The van der Waals surface area contributed by atoms with Crippen LogP contribution in [0.1, 0.15) is 75.5 Å². The van der Waals surface area contributed by atoms with Crippen molar-refractivity contribution in [2.24, 2.45) is 0 Å². The van der Waals surface area contributed by atoms with E-state index in [1.165, 1.54) is 36.8 Å². The highest BCUT2D eigenvalue weighted by molar-refractivity contribution is 5.81. The monoisotopic (exact) mass is 529 g/mol. The Hall–Kier alpha value is -4.28. The number of anilines is 3. The third-order valence-corrected chi connectivity index (χ3v) is 7.60. The fourth-order valence-electron chi connectivity index (χ4n) is 5.32. The van der Waals surface area contributed by atoms with Gasteiger partial charge < -0.3 is 9.64 Å². The van der Waals surface area contributed by atoms with Crippen LogP contribution in [0, 0.1) is 22.7 Å². The van der Waals surface area contributed by atoms with E-state index in [1.54, 1.807) is 7.11 Å². The lowest BCUT2D eigenvalue weighted by Crippen LogP contribution is -2.11. The number of benzene rings is 3. The molecule has 0 saturated heterocycles. The van der Waals surface area contributed by atoms with Crippen molar-refractivity contribution in [1.82, 2.24) is 0 Å². The van der Waals surface area contributed by atoms with E-state index in [4.69, 9.17) is 4.74 Å². The molecule has 4 nitrogen and oxygen atoms in total. The first-order chi connectivity index (χ1) is 19.6. The minimum atomic E-state index is 0.198. The van der Waals surface area contributed by atoms with Gasteiger partial charge in [-0.2, -0.15) is 10.5 Å². The number of hydrogen-bond donors (Lipinski definition) is 0. The van der Waals surface area contributed by atoms with Crippen molar-refractivity contribution in [2.45, 2.75) is 71.6 Å². The third-order valence-electron chi connectivity index (χ3n) is 7.60. The summed E-state index contributed by atoms with van der Waals surface area (Å²) in [6.45, 7) is 4.45. The van der Waals surface area contributed by atoms with Gasteiger partial charge in [-0.3, -0.25) is 0 Å². The summed E-state index contributed by atoms with van der Waals surface area (Å²) < 4.78 is 5.92. The fraction of sp³-hybridized carbons (Fsp3) is 0.333. The second-order valence-electron chi connectivity index (χ2n) is 10.4. The number of hydrogen-bond acceptors (Lipinski definition) is 4. The summed E-state index contributed by atoms with van der Waals surface area (Å²) >= 11 is 0. The van der Waals surface area contributed by atoms with Crippen LogP contribution in [0.15, 0.2) is 84.0 Å². The molecule has 0 N–H and O–H groups in total. The van der Waals surface area contributed by atoms with Gasteiger partial charge in [-0.15, -0.1) is 0 Å². The van der Waals surface area contributed by atoms with Crippen molar-refractivity contribution in [1.29, 1.82) is 10.5 Å². The summed E-state index contributed by atoms with van der Waals surface area (Å²) in [7, 11) is 1.70. The van der Waals surface area contributed by atoms with Gasteiger partial charge in [0, 0.05) is 28.7 Å². The smallest absolute Gasteiger partial charge is 0.132 e. The number of methoxy groups -OCH3 is 1. The maximum absolute atomic E-state index is 9.38. The zero-order valence-corrected chi connectivity index (χ0v) is 24.0. The van der Waals surface area contributed by atoms with Crippen molar-refractivity contribution >= 4 is 22.6 Å². The van der Waals surface area contributed by atoms with Gasteiger partial charge in [0.1, 0.15) is 23.5 Å². The van der Waals surface area contributed by atoms with Gasteiger partial charge in [-0.1, -0.05) is 57.0 Å². The summed E-state index contributed by atoms with van der Waals surface area (Å²) in [5.41, 5.74) is 9.05. The van der Waals surface area contributed by atoms with Crippen LogP contribution in [-0.4, -0.2) is 7.11 Å². The number of allylic oxidation sites excluding steroid dienone is 4. The van der Waals surface area contributed by atoms with Crippen LogP contribution in [0.2, 0.25) is 0 Å². The molecule has 0 aromatic heterocycles. The average Bonchev–Trinajstić information content (AvgIpc) is 3.01. The van der Waals surface area contributed by atoms with Gasteiger partial charge in [0.15, 0.2) is 0 Å². The normalized spacial score (nSPS) is 12.7. The van der Waals surface area contributed by atoms with Crippen molar-refractivity contribution in [3.8, 4) is 17.9 Å². The Balaban J connectivity index is 1.76. The van der Waals surface area contributed by atoms with Crippen molar-refractivity contribution < 1.29 is 4.74 Å². The molecular formula is C36H39N3O. The summed E-state index contributed by atoms with van der Waals surface area (Å²) in [6, 6.07) is 28.2. The second kappa shape index (κ2) is 14.2. The van der Waals surface area contributed by atoms with Crippen molar-refractivity contribution in [3.63, 3.8) is 0 Å². The van der Waals surface area contributed by atoms with E-state index in [-0.39, 0.29) is 5.57 Å². The van der Waals surface area contributed by atoms with Gasteiger partial charge in [-0.25, -0.2) is 0 Å². The van der Waals surface area contributed by atoms with E-state index >= 15 is 0 Å². The molecule has 0 spiro atoms. The molecule has 3 aromatic carbocycles. The van der Waals surface area contributed by atoms with E-state index in [2.05, 4.69) is 85.5 Å². The lowest BCUT2D eigenvalue weighted by molar-refractivity contribution is 0.413. The molecule has 0 heterocycles.